The van der Waals surface area contributed by atoms with Crippen molar-refractivity contribution in [2.75, 3.05) is 0 Å². The summed E-state index contributed by atoms with van der Waals surface area (Å²) in [6, 6.07) is 42.5. The monoisotopic (exact) mass is 658 g/mol. The number of benzene rings is 3. The summed E-state index contributed by atoms with van der Waals surface area (Å²) in [5.74, 6) is -0.525. The van der Waals surface area contributed by atoms with Crippen molar-refractivity contribution in [1.29, 1.82) is 0 Å². The number of pyridine rings is 1. The summed E-state index contributed by atoms with van der Waals surface area (Å²) in [4.78, 5) is 35.1. The lowest BCUT2D eigenvalue weighted by atomic mass is 10.0. The SMILES string of the molecule is NC(=O)c1ccnc(-c2c3nc(c(-c4ccccc4)c4ccc([nH]4)c(-c4ccccc4)c4nc(c(-c5ccccc5)c5ccc2[nH]5)C=C4)C=C3)c1. The molecule has 0 spiro atoms. The number of hydrogen-bond acceptors (Lipinski definition) is 4. The summed E-state index contributed by atoms with van der Waals surface area (Å²) < 4.78 is 0. The van der Waals surface area contributed by atoms with Gasteiger partial charge in [0.05, 0.1) is 34.0 Å². The molecule has 7 aromatic rings. The van der Waals surface area contributed by atoms with E-state index < -0.39 is 5.91 Å². The molecule has 7 heteroatoms. The van der Waals surface area contributed by atoms with Crippen LogP contribution in [0.5, 0.6) is 0 Å². The predicted octanol–water partition coefficient (Wildman–Crippen LogP) is 9.82. The second-order valence-corrected chi connectivity index (χ2v) is 12.4. The van der Waals surface area contributed by atoms with Crippen molar-refractivity contribution in [2.45, 2.75) is 0 Å². The predicted molar refractivity (Wildman–Crippen MR) is 207 cm³/mol. The average Bonchev–Trinajstić information content (AvgIpc) is 4.01. The van der Waals surface area contributed by atoms with E-state index in [4.69, 9.17) is 20.7 Å². The first kappa shape index (κ1) is 30.0. The number of fused-ring (bicyclic) bond motifs is 8. The molecule has 242 valence electrons. The van der Waals surface area contributed by atoms with Crippen LogP contribution in [0.3, 0.4) is 0 Å². The van der Waals surface area contributed by atoms with Crippen LogP contribution in [0.15, 0.2) is 134 Å². The highest BCUT2D eigenvalue weighted by atomic mass is 16.1. The number of hydrogen-bond donors (Lipinski definition) is 3. The van der Waals surface area contributed by atoms with E-state index >= 15 is 0 Å². The van der Waals surface area contributed by atoms with Crippen LogP contribution in [-0.2, 0) is 0 Å². The molecule has 0 saturated heterocycles. The van der Waals surface area contributed by atoms with E-state index in [-0.39, 0.29) is 0 Å². The minimum Gasteiger partial charge on any atom is -0.366 e. The summed E-state index contributed by atoms with van der Waals surface area (Å²) in [5.41, 5.74) is 20.1. The van der Waals surface area contributed by atoms with Crippen LogP contribution in [0.25, 0.3) is 91.0 Å². The molecule has 0 aliphatic carbocycles. The summed E-state index contributed by atoms with van der Waals surface area (Å²) in [7, 11) is 0. The van der Waals surface area contributed by atoms with Gasteiger partial charge in [-0.25, -0.2) is 9.97 Å². The van der Waals surface area contributed by atoms with Gasteiger partial charge in [0, 0.05) is 50.6 Å². The zero-order valence-electron chi connectivity index (χ0n) is 27.3. The van der Waals surface area contributed by atoms with Crippen molar-refractivity contribution >= 4 is 52.3 Å². The Labute approximate surface area is 293 Å². The zero-order chi connectivity index (χ0) is 34.3. The number of carbonyl (C=O) groups excluding carboxylic acids is 1. The summed E-state index contributed by atoms with van der Waals surface area (Å²) in [5, 5.41) is 0. The first-order valence-corrected chi connectivity index (χ1v) is 16.7. The number of aromatic amines is 2. The van der Waals surface area contributed by atoms with Gasteiger partial charge in [-0.3, -0.25) is 9.78 Å². The van der Waals surface area contributed by atoms with Crippen LogP contribution in [0.4, 0.5) is 0 Å². The van der Waals surface area contributed by atoms with Crippen LogP contribution in [0.1, 0.15) is 33.1 Å². The Morgan fingerprint density at radius 1 is 0.471 bits per heavy atom. The second-order valence-electron chi connectivity index (χ2n) is 12.4. The third-order valence-corrected chi connectivity index (χ3v) is 9.24. The summed E-state index contributed by atoms with van der Waals surface area (Å²) >= 11 is 0. The fourth-order valence-electron chi connectivity index (χ4n) is 6.92. The largest absolute Gasteiger partial charge is 0.366 e. The molecular weight excluding hydrogens is 629 g/mol. The smallest absolute Gasteiger partial charge is 0.248 e. The van der Waals surface area contributed by atoms with Crippen molar-refractivity contribution < 1.29 is 4.79 Å². The molecule has 0 atom stereocenters. The van der Waals surface area contributed by atoms with Crippen LogP contribution in [-0.4, -0.2) is 30.8 Å². The minimum atomic E-state index is -0.525. The lowest BCUT2D eigenvalue weighted by molar-refractivity contribution is 0.1000. The molecule has 4 aromatic heterocycles. The molecular formula is C44H30N6O. The van der Waals surface area contributed by atoms with Crippen molar-refractivity contribution in [3.63, 3.8) is 0 Å². The van der Waals surface area contributed by atoms with E-state index in [2.05, 4.69) is 88.9 Å². The fourth-order valence-corrected chi connectivity index (χ4v) is 6.92. The fraction of sp³-hybridized carbons (Fsp3) is 0. The maximum atomic E-state index is 12.3. The highest BCUT2D eigenvalue weighted by Crippen LogP contribution is 2.38. The molecule has 1 amide bonds. The van der Waals surface area contributed by atoms with Gasteiger partial charge >= 0.3 is 0 Å². The molecule has 8 bridgehead atoms. The van der Waals surface area contributed by atoms with Crippen molar-refractivity contribution in [1.82, 2.24) is 24.9 Å². The van der Waals surface area contributed by atoms with Gasteiger partial charge in [0.1, 0.15) is 0 Å². The third-order valence-electron chi connectivity index (χ3n) is 9.24. The highest BCUT2D eigenvalue weighted by Gasteiger charge is 2.19. The summed E-state index contributed by atoms with van der Waals surface area (Å²) in [6.45, 7) is 0. The van der Waals surface area contributed by atoms with Crippen molar-refractivity contribution in [3.8, 4) is 44.6 Å². The standard InChI is InChI=1S/C44H30N6O/c45-44(51)30-24-25-46-39(26-30)43-37-22-20-35(49-37)41(28-12-6-2-7-13-28)33-18-16-31(47-33)40(27-10-4-1-5-11-27)32-17-19-34(48-32)42(29-14-8-3-9-15-29)36-21-23-38(43)50-36/h1-26,47,50H,(H2,45,51). The maximum Gasteiger partial charge on any atom is 0.248 e. The Hall–Kier alpha value is -7.12. The van der Waals surface area contributed by atoms with Crippen molar-refractivity contribution in [2.24, 2.45) is 5.73 Å². The molecule has 0 radical (unpaired) electrons. The van der Waals surface area contributed by atoms with E-state index in [1.165, 1.54) is 0 Å². The number of carbonyl (C=O) groups is 1. The Balaban J connectivity index is 1.48. The molecule has 6 heterocycles. The van der Waals surface area contributed by atoms with E-state index in [0.29, 0.717) is 17.0 Å². The Bertz CT molecular complexity index is 2670. The number of primary amides is 1. The van der Waals surface area contributed by atoms with Crippen molar-refractivity contribution in [3.05, 3.63) is 162 Å². The van der Waals surface area contributed by atoms with Crippen LogP contribution < -0.4 is 5.73 Å². The number of rotatable bonds is 5. The number of nitrogens with zero attached hydrogens (tertiary/aromatic N) is 3. The highest BCUT2D eigenvalue weighted by molar-refractivity contribution is 6.00. The Kier molecular flexibility index (Phi) is 7.29. The minimum absolute atomic E-state index is 0.365. The van der Waals surface area contributed by atoms with Crippen LogP contribution in [0.2, 0.25) is 0 Å². The van der Waals surface area contributed by atoms with E-state index in [0.717, 1.165) is 78.1 Å². The molecule has 9 rings (SSSR count). The van der Waals surface area contributed by atoms with E-state index in [9.17, 15) is 4.79 Å². The molecule has 7 nitrogen and oxygen atoms in total. The molecule has 0 saturated carbocycles. The van der Waals surface area contributed by atoms with Gasteiger partial charge in [-0.1, -0.05) is 91.0 Å². The van der Waals surface area contributed by atoms with E-state index in [1.54, 1.807) is 18.3 Å². The first-order valence-electron chi connectivity index (χ1n) is 16.7. The summed E-state index contributed by atoms with van der Waals surface area (Å²) in [6.07, 6.45) is 9.81. The number of nitrogens with one attached hydrogen (secondary N) is 2. The quantitative estimate of drug-likeness (QED) is 0.171. The van der Waals surface area contributed by atoms with Gasteiger partial charge in [-0.15, -0.1) is 0 Å². The number of H-pyrrole nitrogens is 2. The molecule has 3 aromatic carbocycles. The topological polar surface area (TPSA) is 113 Å². The molecule has 2 aliphatic heterocycles. The number of aromatic nitrogens is 5. The van der Waals surface area contributed by atoms with E-state index in [1.807, 2.05) is 60.7 Å². The maximum absolute atomic E-state index is 12.3. The van der Waals surface area contributed by atoms with Gasteiger partial charge < -0.3 is 15.7 Å². The van der Waals surface area contributed by atoms with Gasteiger partial charge in [0.25, 0.3) is 0 Å². The first-order chi connectivity index (χ1) is 25.1. The molecule has 2 aliphatic rings. The van der Waals surface area contributed by atoms with Crippen LogP contribution >= 0.6 is 0 Å². The Morgan fingerprint density at radius 2 is 0.843 bits per heavy atom. The Morgan fingerprint density at radius 3 is 1.24 bits per heavy atom. The zero-order valence-corrected chi connectivity index (χ0v) is 27.3. The normalized spacial score (nSPS) is 11.9. The molecule has 4 N–H and O–H groups in total. The van der Waals surface area contributed by atoms with Gasteiger partial charge in [0.2, 0.25) is 5.91 Å². The lowest BCUT2D eigenvalue weighted by Gasteiger charge is -2.07. The molecule has 0 fully saturated rings. The number of amides is 1. The second kappa shape index (κ2) is 12.4. The lowest BCUT2D eigenvalue weighted by Crippen LogP contribution is -2.11. The van der Waals surface area contributed by atoms with Gasteiger partial charge in [-0.2, -0.15) is 0 Å². The molecule has 0 unspecified atom stereocenters. The molecule has 51 heavy (non-hydrogen) atoms. The third kappa shape index (κ3) is 5.43. The van der Waals surface area contributed by atoms with Crippen LogP contribution in [0, 0.1) is 0 Å². The van der Waals surface area contributed by atoms with Gasteiger partial charge in [0.15, 0.2) is 0 Å². The number of nitrogens with two attached hydrogens (primary N) is 1. The average molecular weight is 659 g/mol. The van der Waals surface area contributed by atoms with Gasteiger partial charge in [-0.05, 0) is 77.4 Å².